The molecule has 0 saturated heterocycles. The second-order valence-electron chi connectivity index (χ2n) is 5.26. The summed E-state index contributed by atoms with van der Waals surface area (Å²) < 4.78 is 7.39. The van der Waals surface area contributed by atoms with Crippen molar-refractivity contribution in [3.05, 3.63) is 20.7 Å². The first-order valence-corrected chi connectivity index (χ1v) is 6.75. The number of ether oxygens (including phenoxy) is 1. The van der Waals surface area contributed by atoms with E-state index in [2.05, 4.69) is 20.5 Å². The monoisotopic (exact) mass is 277 g/mol. The van der Waals surface area contributed by atoms with E-state index in [9.17, 15) is 4.79 Å². The lowest BCUT2D eigenvalue weighted by molar-refractivity contribution is -0.0386. The van der Waals surface area contributed by atoms with Gasteiger partial charge >= 0.3 is 0 Å². The molecule has 0 radical (unpaired) electrons. The minimum Gasteiger partial charge on any atom is -0.370 e. The number of imidazole rings is 1. The fourth-order valence-corrected chi connectivity index (χ4v) is 3.47. The third kappa shape index (κ3) is 1.47. The summed E-state index contributed by atoms with van der Waals surface area (Å²) in [5.74, 6) is 0.422. The van der Waals surface area contributed by atoms with Gasteiger partial charge in [0.2, 0.25) is 5.43 Å². The van der Waals surface area contributed by atoms with Crippen molar-refractivity contribution in [2.75, 3.05) is 0 Å². The molecule has 0 bridgehead atoms. The van der Waals surface area contributed by atoms with Crippen LogP contribution in [0.25, 0.3) is 16.1 Å². The van der Waals surface area contributed by atoms with E-state index in [-0.39, 0.29) is 11.0 Å². The van der Waals surface area contributed by atoms with E-state index in [0.29, 0.717) is 24.3 Å². The molecule has 3 aromatic rings. The molecular formula is C11H11N5O2S. The molecule has 0 fully saturated rings. The molecule has 0 spiro atoms. The molecule has 1 N–H and O–H groups in total. The maximum Gasteiger partial charge on any atom is 0.273 e. The van der Waals surface area contributed by atoms with Gasteiger partial charge in [-0.2, -0.15) is 9.73 Å². The van der Waals surface area contributed by atoms with Crippen LogP contribution in [-0.4, -0.2) is 30.6 Å². The van der Waals surface area contributed by atoms with Gasteiger partial charge in [0.15, 0.2) is 10.3 Å². The zero-order valence-corrected chi connectivity index (χ0v) is 11.2. The maximum absolute atomic E-state index is 12.5. The summed E-state index contributed by atoms with van der Waals surface area (Å²) in [5, 5.41) is 10.2. The van der Waals surface area contributed by atoms with Gasteiger partial charge < -0.3 is 4.74 Å². The lowest BCUT2D eigenvalue weighted by atomic mass is 9.96. The number of hydrogen-bond acceptors (Lipinski definition) is 6. The molecule has 4 heterocycles. The Bertz CT molecular complexity index is 859. The van der Waals surface area contributed by atoms with Gasteiger partial charge in [-0.1, -0.05) is 5.10 Å². The number of nitrogens with one attached hydrogen (secondary N) is 1. The number of fused-ring (bicyclic) bond motifs is 4. The quantitative estimate of drug-likeness (QED) is 0.659. The van der Waals surface area contributed by atoms with Gasteiger partial charge in [-0.15, -0.1) is 11.3 Å². The van der Waals surface area contributed by atoms with Crippen LogP contribution in [-0.2, 0) is 17.8 Å². The molecule has 0 aromatic carbocycles. The Balaban J connectivity index is 2.09. The van der Waals surface area contributed by atoms with E-state index < -0.39 is 0 Å². The molecule has 8 heteroatoms. The molecule has 7 nitrogen and oxygen atoms in total. The summed E-state index contributed by atoms with van der Waals surface area (Å²) in [5.41, 5.74) is 0.969. The number of rotatable bonds is 0. The highest BCUT2D eigenvalue weighted by atomic mass is 32.1. The molecule has 0 saturated carbocycles. The van der Waals surface area contributed by atoms with Gasteiger partial charge in [0.25, 0.3) is 5.78 Å². The van der Waals surface area contributed by atoms with Crippen molar-refractivity contribution in [1.82, 2.24) is 25.0 Å². The first kappa shape index (κ1) is 11.1. The van der Waals surface area contributed by atoms with Crippen molar-refractivity contribution in [2.45, 2.75) is 32.5 Å². The number of aromatic amines is 1. The predicted octanol–water partition coefficient (Wildman–Crippen LogP) is 0.879. The molecule has 4 rings (SSSR count). The Kier molecular flexibility index (Phi) is 1.98. The number of aromatic nitrogens is 5. The van der Waals surface area contributed by atoms with Crippen molar-refractivity contribution in [2.24, 2.45) is 0 Å². The summed E-state index contributed by atoms with van der Waals surface area (Å²) in [6.07, 6.45) is 0.616. The largest absolute Gasteiger partial charge is 0.370 e. The van der Waals surface area contributed by atoms with Crippen LogP contribution in [0.2, 0.25) is 0 Å². The van der Waals surface area contributed by atoms with Gasteiger partial charge in [-0.05, 0) is 19.1 Å². The molecule has 0 atom stereocenters. The third-order valence-corrected chi connectivity index (χ3v) is 4.52. The minimum absolute atomic E-state index is 0.0148. The number of tetrazole rings is 1. The Morgan fingerprint density at radius 2 is 2.32 bits per heavy atom. The smallest absolute Gasteiger partial charge is 0.273 e. The van der Waals surface area contributed by atoms with Gasteiger partial charge in [0, 0.05) is 16.9 Å². The summed E-state index contributed by atoms with van der Waals surface area (Å²) in [4.78, 5) is 18.5. The van der Waals surface area contributed by atoms with Crippen molar-refractivity contribution < 1.29 is 4.74 Å². The van der Waals surface area contributed by atoms with Crippen molar-refractivity contribution in [3.63, 3.8) is 0 Å². The second-order valence-corrected chi connectivity index (χ2v) is 6.34. The zero-order valence-electron chi connectivity index (χ0n) is 10.4. The maximum atomic E-state index is 12.5. The Morgan fingerprint density at radius 1 is 1.47 bits per heavy atom. The average molecular weight is 277 g/mol. The minimum atomic E-state index is -0.299. The lowest BCUT2D eigenvalue weighted by Crippen LogP contribution is -2.34. The Hall–Kier alpha value is -1.80. The van der Waals surface area contributed by atoms with Crippen molar-refractivity contribution in [3.8, 4) is 0 Å². The molecule has 0 aliphatic carbocycles. The Labute approximate surface area is 111 Å². The van der Waals surface area contributed by atoms with Crippen LogP contribution in [0, 0.1) is 0 Å². The molecule has 3 aromatic heterocycles. The predicted molar refractivity (Wildman–Crippen MR) is 69.4 cm³/mol. The van der Waals surface area contributed by atoms with Crippen molar-refractivity contribution >= 4 is 27.5 Å². The number of hydrogen-bond donors (Lipinski definition) is 1. The van der Waals surface area contributed by atoms with E-state index in [4.69, 9.17) is 4.74 Å². The first-order valence-electron chi connectivity index (χ1n) is 5.93. The van der Waals surface area contributed by atoms with Crippen LogP contribution in [0.3, 0.4) is 0 Å². The fraction of sp³-hybridized carbons (Fsp3) is 0.455. The van der Waals surface area contributed by atoms with Crippen LogP contribution in [0.1, 0.15) is 24.3 Å². The summed E-state index contributed by atoms with van der Waals surface area (Å²) in [7, 11) is 0. The molecular weight excluding hydrogens is 266 g/mol. The van der Waals surface area contributed by atoms with Gasteiger partial charge in [0.1, 0.15) is 0 Å². The van der Waals surface area contributed by atoms with Crippen LogP contribution in [0.5, 0.6) is 0 Å². The molecule has 0 unspecified atom stereocenters. The molecule has 0 amide bonds. The molecule has 98 valence electrons. The summed E-state index contributed by atoms with van der Waals surface area (Å²) in [6.45, 7) is 4.45. The highest BCUT2D eigenvalue weighted by molar-refractivity contribution is 7.18. The molecule has 1 aliphatic rings. The van der Waals surface area contributed by atoms with Crippen LogP contribution in [0.4, 0.5) is 0 Å². The number of nitrogens with zero attached hydrogens (tertiary/aromatic N) is 4. The van der Waals surface area contributed by atoms with E-state index >= 15 is 0 Å². The fourth-order valence-electron chi connectivity index (χ4n) is 2.39. The van der Waals surface area contributed by atoms with Crippen LogP contribution < -0.4 is 5.43 Å². The molecule has 19 heavy (non-hydrogen) atoms. The highest BCUT2D eigenvalue weighted by Gasteiger charge is 2.30. The zero-order chi connectivity index (χ0) is 13.2. The van der Waals surface area contributed by atoms with Crippen molar-refractivity contribution in [1.29, 1.82) is 0 Å². The highest BCUT2D eigenvalue weighted by Crippen LogP contribution is 2.31. The third-order valence-electron chi connectivity index (χ3n) is 3.34. The standard InChI is InChI=1S/C11H11N5O2S/c1-11(2)3-5-6(4-18-11)19-9-7(8(5)17)12-10-13-14-15-16(9)10/h3-4H2,1-2H3,(H,12,13,15). The SMILES string of the molecule is CC1(C)Cc2c(sc3c(nc4nn[nH]n43)c2=O)CO1. The van der Waals surface area contributed by atoms with Gasteiger partial charge in [0.05, 0.1) is 12.2 Å². The lowest BCUT2D eigenvalue weighted by Gasteiger charge is -2.30. The normalized spacial score (nSPS) is 18.0. The van der Waals surface area contributed by atoms with Crippen LogP contribution in [0.15, 0.2) is 4.79 Å². The van der Waals surface area contributed by atoms with E-state index in [1.807, 2.05) is 13.8 Å². The average Bonchev–Trinajstić information content (AvgIpc) is 2.91. The van der Waals surface area contributed by atoms with E-state index in [1.165, 1.54) is 11.3 Å². The summed E-state index contributed by atoms with van der Waals surface area (Å²) in [6, 6.07) is 0. The summed E-state index contributed by atoms with van der Waals surface area (Å²) >= 11 is 1.51. The second kappa shape index (κ2) is 3.40. The topological polar surface area (TPSA) is 85.2 Å². The van der Waals surface area contributed by atoms with Gasteiger partial charge in [-0.25, -0.2) is 4.98 Å². The van der Waals surface area contributed by atoms with E-state index in [1.54, 1.807) is 4.52 Å². The first-order chi connectivity index (χ1) is 9.05. The number of H-pyrrole nitrogens is 1. The molecule has 1 aliphatic heterocycles. The van der Waals surface area contributed by atoms with Gasteiger partial charge in [-0.3, -0.25) is 4.79 Å². The Morgan fingerprint density at radius 3 is 3.16 bits per heavy atom. The van der Waals surface area contributed by atoms with E-state index in [0.717, 1.165) is 15.3 Å². The van der Waals surface area contributed by atoms with Crippen LogP contribution >= 0.6 is 11.3 Å².